The van der Waals surface area contributed by atoms with Gasteiger partial charge in [-0.15, -0.1) is 0 Å². The van der Waals surface area contributed by atoms with Crippen LogP contribution < -0.4 is 5.32 Å². The van der Waals surface area contributed by atoms with Crippen molar-refractivity contribution in [2.45, 2.75) is 38.5 Å². The molecule has 0 saturated carbocycles. The summed E-state index contributed by atoms with van der Waals surface area (Å²) >= 11 is 0. The fraction of sp³-hybridized carbons (Fsp3) is 0.571. The Labute approximate surface area is 103 Å². The summed E-state index contributed by atoms with van der Waals surface area (Å²) in [5.41, 5.74) is 2.18. The third-order valence-corrected chi connectivity index (χ3v) is 3.41. The second kappa shape index (κ2) is 5.63. The van der Waals surface area contributed by atoms with Crippen LogP contribution >= 0.6 is 0 Å². The van der Waals surface area contributed by atoms with Crippen LogP contribution in [0.2, 0.25) is 0 Å². The van der Waals surface area contributed by atoms with Gasteiger partial charge in [0.05, 0.1) is 12.2 Å². The molecule has 1 aromatic carbocycles. The van der Waals surface area contributed by atoms with E-state index in [0.29, 0.717) is 12.6 Å². The molecular formula is C14H21NO2. The Morgan fingerprint density at radius 2 is 2.12 bits per heavy atom. The molecule has 1 saturated heterocycles. The number of aryl methyl sites for hydroxylation is 1. The van der Waals surface area contributed by atoms with Gasteiger partial charge in [-0.3, -0.25) is 0 Å². The van der Waals surface area contributed by atoms with Crippen molar-refractivity contribution in [2.24, 2.45) is 0 Å². The van der Waals surface area contributed by atoms with E-state index in [1.54, 1.807) is 0 Å². The molecule has 3 atom stereocenters. The molecule has 0 amide bonds. The molecule has 0 aliphatic carbocycles. The molecule has 0 aromatic heterocycles. The van der Waals surface area contributed by atoms with E-state index in [9.17, 15) is 5.11 Å². The lowest BCUT2D eigenvalue weighted by Crippen LogP contribution is -2.37. The first-order valence-corrected chi connectivity index (χ1v) is 6.26. The fourth-order valence-electron chi connectivity index (χ4n) is 2.17. The molecule has 1 aromatic rings. The summed E-state index contributed by atoms with van der Waals surface area (Å²) in [4.78, 5) is 0. The van der Waals surface area contributed by atoms with Crippen molar-refractivity contribution in [1.29, 1.82) is 0 Å². The van der Waals surface area contributed by atoms with Crippen molar-refractivity contribution >= 4 is 0 Å². The van der Waals surface area contributed by atoms with Crippen LogP contribution in [-0.4, -0.2) is 30.4 Å². The number of benzene rings is 1. The molecule has 2 N–H and O–H groups in total. The number of rotatable bonds is 4. The van der Waals surface area contributed by atoms with Crippen molar-refractivity contribution in [3.63, 3.8) is 0 Å². The van der Waals surface area contributed by atoms with Gasteiger partial charge in [-0.05, 0) is 25.8 Å². The normalized spacial score (nSPS) is 26.1. The van der Waals surface area contributed by atoms with Crippen LogP contribution in [0.25, 0.3) is 0 Å². The van der Waals surface area contributed by atoms with Crippen molar-refractivity contribution in [2.75, 3.05) is 13.2 Å². The second-order valence-electron chi connectivity index (χ2n) is 4.81. The van der Waals surface area contributed by atoms with Crippen LogP contribution in [-0.2, 0) is 4.74 Å². The maximum Gasteiger partial charge on any atom is 0.0914 e. The van der Waals surface area contributed by atoms with Crippen LogP contribution in [0.1, 0.15) is 30.6 Å². The van der Waals surface area contributed by atoms with Crippen LogP contribution in [0.15, 0.2) is 24.3 Å². The van der Waals surface area contributed by atoms with E-state index in [1.165, 1.54) is 5.56 Å². The van der Waals surface area contributed by atoms with E-state index < -0.39 is 6.10 Å². The summed E-state index contributed by atoms with van der Waals surface area (Å²) in [6.45, 7) is 5.52. The van der Waals surface area contributed by atoms with E-state index >= 15 is 0 Å². The van der Waals surface area contributed by atoms with Gasteiger partial charge in [-0.2, -0.15) is 0 Å². The Morgan fingerprint density at radius 1 is 1.41 bits per heavy atom. The Bertz CT molecular complexity index is 350. The minimum atomic E-state index is -0.441. The van der Waals surface area contributed by atoms with Gasteiger partial charge in [0.2, 0.25) is 0 Å². The number of hydrogen-bond acceptors (Lipinski definition) is 3. The molecular weight excluding hydrogens is 214 g/mol. The largest absolute Gasteiger partial charge is 0.387 e. The van der Waals surface area contributed by atoms with Crippen molar-refractivity contribution in [3.05, 3.63) is 35.4 Å². The molecule has 17 heavy (non-hydrogen) atoms. The monoisotopic (exact) mass is 235 g/mol. The number of aliphatic hydroxyl groups is 1. The highest BCUT2D eigenvalue weighted by Gasteiger charge is 2.24. The standard InChI is InChI=1S/C14H21NO2/c1-10-3-5-12(6-4-10)14(16)9-15-13-7-8-17-11(13)2/h3-6,11,13-16H,7-9H2,1-2H3. The average Bonchev–Trinajstić information content (AvgIpc) is 2.73. The molecule has 94 valence electrons. The second-order valence-corrected chi connectivity index (χ2v) is 4.81. The summed E-state index contributed by atoms with van der Waals surface area (Å²) in [7, 11) is 0. The van der Waals surface area contributed by atoms with E-state index in [2.05, 4.69) is 12.2 Å². The number of hydrogen-bond donors (Lipinski definition) is 2. The zero-order valence-electron chi connectivity index (χ0n) is 10.5. The molecule has 1 heterocycles. The lowest BCUT2D eigenvalue weighted by atomic mass is 10.1. The summed E-state index contributed by atoms with van der Waals surface area (Å²) in [5.74, 6) is 0. The SMILES string of the molecule is Cc1ccc(C(O)CNC2CCOC2C)cc1. The zero-order chi connectivity index (χ0) is 12.3. The number of aliphatic hydroxyl groups excluding tert-OH is 1. The summed E-state index contributed by atoms with van der Waals surface area (Å²) in [6.07, 6.45) is 0.838. The quantitative estimate of drug-likeness (QED) is 0.836. The van der Waals surface area contributed by atoms with Crippen LogP contribution in [0.3, 0.4) is 0 Å². The molecule has 3 heteroatoms. The third-order valence-electron chi connectivity index (χ3n) is 3.41. The summed E-state index contributed by atoms with van der Waals surface area (Å²) in [5, 5.41) is 13.4. The first-order chi connectivity index (χ1) is 8.16. The van der Waals surface area contributed by atoms with E-state index in [-0.39, 0.29) is 6.10 Å². The zero-order valence-corrected chi connectivity index (χ0v) is 10.5. The molecule has 0 radical (unpaired) electrons. The van der Waals surface area contributed by atoms with Crippen molar-refractivity contribution < 1.29 is 9.84 Å². The Kier molecular flexibility index (Phi) is 4.15. The Morgan fingerprint density at radius 3 is 2.71 bits per heavy atom. The number of nitrogens with one attached hydrogen (secondary N) is 1. The summed E-state index contributed by atoms with van der Waals surface area (Å²) < 4.78 is 5.48. The van der Waals surface area contributed by atoms with Crippen molar-refractivity contribution in [3.8, 4) is 0 Å². The van der Waals surface area contributed by atoms with Gasteiger partial charge >= 0.3 is 0 Å². The highest BCUT2D eigenvalue weighted by Crippen LogP contribution is 2.16. The Hall–Kier alpha value is -0.900. The van der Waals surface area contributed by atoms with E-state index in [4.69, 9.17) is 4.74 Å². The van der Waals surface area contributed by atoms with E-state index in [0.717, 1.165) is 18.6 Å². The minimum absolute atomic E-state index is 0.250. The smallest absolute Gasteiger partial charge is 0.0914 e. The van der Waals surface area contributed by atoms with Gasteiger partial charge in [-0.25, -0.2) is 0 Å². The van der Waals surface area contributed by atoms with Gasteiger partial charge in [0.25, 0.3) is 0 Å². The first-order valence-electron chi connectivity index (χ1n) is 6.26. The van der Waals surface area contributed by atoms with Crippen molar-refractivity contribution in [1.82, 2.24) is 5.32 Å². The maximum atomic E-state index is 10.1. The lowest BCUT2D eigenvalue weighted by molar-refractivity contribution is 0.107. The fourth-order valence-corrected chi connectivity index (χ4v) is 2.17. The molecule has 1 aliphatic rings. The van der Waals surface area contributed by atoms with Crippen LogP contribution in [0, 0.1) is 6.92 Å². The number of ether oxygens (including phenoxy) is 1. The van der Waals surface area contributed by atoms with Gasteiger partial charge in [0.1, 0.15) is 0 Å². The predicted molar refractivity (Wildman–Crippen MR) is 68.0 cm³/mol. The molecule has 1 aliphatic heterocycles. The first kappa shape index (κ1) is 12.6. The maximum absolute atomic E-state index is 10.1. The van der Waals surface area contributed by atoms with Crippen LogP contribution in [0.5, 0.6) is 0 Å². The molecule has 2 rings (SSSR count). The lowest BCUT2D eigenvalue weighted by Gasteiger charge is -2.19. The van der Waals surface area contributed by atoms with Gasteiger partial charge in [-0.1, -0.05) is 29.8 Å². The molecule has 1 fully saturated rings. The molecule has 3 unspecified atom stereocenters. The highest BCUT2D eigenvalue weighted by atomic mass is 16.5. The molecule has 3 nitrogen and oxygen atoms in total. The predicted octanol–water partition coefficient (Wildman–Crippen LogP) is 1.80. The topological polar surface area (TPSA) is 41.5 Å². The van der Waals surface area contributed by atoms with Crippen LogP contribution in [0.4, 0.5) is 0 Å². The molecule has 0 bridgehead atoms. The van der Waals surface area contributed by atoms with Gasteiger partial charge in [0.15, 0.2) is 0 Å². The Balaban J connectivity index is 1.84. The van der Waals surface area contributed by atoms with Gasteiger partial charge in [0, 0.05) is 19.2 Å². The van der Waals surface area contributed by atoms with Gasteiger partial charge < -0.3 is 15.2 Å². The third kappa shape index (κ3) is 3.28. The minimum Gasteiger partial charge on any atom is -0.387 e. The average molecular weight is 235 g/mol. The molecule has 0 spiro atoms. The summed E-state index contributed by atoms with van der Waals surface area (Å²) in [6, 6.07) is 8.39. The van der Waals surface area contributed by atoms with E-state index in [1.807, 2.05) is 31.2 Å². The highest BCUT2D eigenvalue weighted by molar-refractivity contribution is 5.23.